The SMILES string of the molecule is O=C(Nc1ccc([N+](=O)[O-])cc1)[C@@H]1[C@H]2C(=O)N(c3ccc([N+](=O)[O-])cc3)C(=O)[C@@H]2[C@@H]2C=Cc3ccccc3N12. The summed E-state index contributed by atoms with van der Waals surface area (Å²) < 4.78 is 0. The summed E-state index contributed by atoms with van der Waals surface area (Å²) in [6, 6.07) is 16.1. The number of benzene rings is 3. The number of nitro groups is 2. The van der Waals surface area contributed by atoms with E-state index in [4.69, 9.17) is 0 Å². The van der Waals surface area contributed by atoms with Gasteiger partial charge in [0.1, 0.15) is 6.04 Å². The van der Waals surface area contributed by atoms with Gasteiger partial charge in [0.15, 0.2) is 0 Å². The molecular weight excluding hydrogens is 506 g/mol. The van der Waals surface area contributed by atoms with Gasteiger partial charge in [-0.25, -0.2) is 4.90 Å². The van der Waals surface area contributed by atoms with Crippen LogP contribution in [0.4, 0.5) is 28.4 Å². The van der Waals surface area contributed by atoms with E-state index in [1.54, 1.807) is 11.0 Å². The first-order valence-electron chi connectivity index (χ1n) is 12.0. The number of fused-ring (bicyclic) bond motifs is 5. The largest absolute Gasteiger partial charge is 0.351 e. The highest BCUT2D eigenvalue weighted by atomic mass is 16.6. The predicted molar refractivity (Wildman–Crippen MR) is 140 cm³/mol. The van der Waals surface area contributed by atoms with E-state index < -0.39 is 51.5 Å². The fraction of sp³-hybridized carbons (Fsp3) is 0.148. The van der Waals surface area contributed by atoms with E-state index >= 15 is 0 Å². The quantitative estimate of drug-likeness (QED) is 0.301. The molecule has 3 aliphatic heterocycles. The number of non-ortho nitro benzene ring substituents is 2. The Kier molecular flexibility index (Phi) is 5.45. The number of hydrogen-bond donors (Lipinski definition) is 1. The Bertz CT molecular complexity index is 1580. The molecule has 0 radical (unpaired) electrons. The van der Waals surface area contributed by atoms with Crippen LogP contribution in [-0.2, 0) is 14.4 Å². The zero-order valence-electron chi connectivity index (χ0n) is 20.0. The highest BCUT2D eigenvalue weighted by Crippen LogP contribution is 2.49. The van der Waals surface area contributed by atoms with Crippen molar-refractivity contribution in [3.63, 3.8) is 0 Å². The summed E-state index contributed by atoms with van der Waals surface area (Å²) >= 11 is 0. The Morgan fingerprint density at radius 3 is 2.03 bits per heavy atom. The number of nitrogens with zero attached hydrogens (tertiary/aromatic N) is 4. The van der Waals surface area contributed by atoms with Crippen LogP contribution in [0.5, 0.6) is 0 Å². The van der Waals surface area contributed by atoms with Crippen LogP contribution in [0.2, 0.25) is 0 Å². The summed E-state index contributed by atoms with van der Waals surface area (Å²) in [4.78, 5) is 65.1. The first kappa shape index (κ1) is 24.0. The van der Waals surface area contributed by atoms with E-state index in [0.29, 0.717) is 11.4 Å². The maximum Gasteiger partial charge on any atom is 0.269 e. The van der Waals surface area contributed by atoms with E-state index in [1.165, 1.54) is 48.5 Å². The van der Waals surface area contributed by atoms with Crippen LogP contribution in [0.3, 0.4) is 0 Å². The first-order chi connectivity index (χ1) is 18.8. The van der Waals surface area contributed by atoms with Gasteiger partial charge in [0.05, 0.1) is 33.4 Å². The second kappa shape index (κ2) is 8.87. The number of imide groups is 1. The van der Waals surface area contributed by atoms with Crippen LogP contribution in [0.1, 0.15) is 5.56 Å². The molecule has 0 bridgehead atoms. The Balaban J connectivity index is 1.39. The lowest BCUT2D eigenvalue weighted by molar-refractivity contribution is -0.385. The second-order valence-corrected chi connectivity index (χ2v) is 9.39. The monoisotopic (exact) mass is 525 g/mol. The molecule has 3 aromatic rings. The molecule has 0 aromatic heterocycles. The van der Waals surface area contributed by atoms with Crippen LogP contribution < -0.4 is 15.1 Å². The number of para-hydroxylation sites is 1. The molecule has 12 heteroatoms. The molecule has 0 saturated carbocycles. The van der Waals surface area contributed by atoms with Gasteiger partial charge in [-0.2, -0.15) is 0 Å². The summed E-state index contributed by atoms with van der Waals surface area (Å²) in [5.41, 5.74) is 1.69. The van der Waals surface area contributed by atoms with Gasteiger partial charge in [-0.05, 0) is 35.9 Å². The van der Waals surface area contributed by atoms with E-state index in [2.05, 4.69) is 5.32 Å². The van der Waals surface area contributed by atoms with E-state index in [0.717, 1.165) is 10.5 Å². The number of nitrogens with one attached hydrogen (secondary N) is 1. The van der Waals surface area contributed by atoms with E-state index in [1.807, 2.05) is 30.4 Å². The van der Waals surface area contributed by atoms with Gasteiger partial charge >= 0.3 is 0 Å². The fourth-order valence-corrected chi connectivity index (χ4v) is 5.67. The Morgan fingerprint density at radius 1 is 0.795 bits per heavy atom. The number of anilines is 3. The minimum Gasteiger partial charge on any atom is -0.351 e. The standard InChI is InChI=1S/C27H19N5O7/c33-25(28-16-6-8-18(9-7-16)31(36)37)24-23-22(21-14-5-15-3-1-2-4-20(15)30(21)24)26(34)29(27(23)35)17-10-12-19(13-11-17)32(38)39/h1-14,21-24H,(H,28,33)/t21-,22+,23-,24-/m0/s1. The molecule has 3 amide bonds. The smallest absolute Gasteiger partial charge is 0.269 e. The van der Waals surface area contributed by atoms with Gasteiger partial charge < -0.3 is 10.2 Å². The summed E-state index contributed by atoms with van der Waals surface area (Å²) in [5, 5.41) is 24.8. The topological polar surface area (TPSA) is 156 Å². The molecule has 0 aliphatic carbocycles. The van der Waals surface area contributed by atoms with Crippen LogP contribution in [0, 0.1) is 32.1 Å². The molecule has 0 spiro atoms. The van der Waals surface area contributed by atoms with Gasteiger partial charge in [-0.1, -0.05) is 30.4 Å². The number of rotatable bonds is 5. The molecule has 0 unspecified atom stereocenters. The molecule has 4 atom stereocenters. The van der Waals surface area contributed by atoms with Crippen molar-refractivity contribution in [1.29, 1.82) is 0 Å². The average molecular weight is 525 g/mol. The Morgan fingerprint density at radius 2 is 1.38 bits per heavy atom. The summed E-state index contributed by atoms with van der Waals surface area (Å²) in [6.07, 6.45) is 3.67. The van der Waals surface area contributed by atoms with Crippen LogP contribution in [0.25, 0.3) is 6.08 Å². The van der Waals surface area contributed by atoms with Gasteiger partial charge in [0.25, 0.3) is 11.4 Å². The third kappa shape index (κ3) is 3.72. The normalized spacial score (nSPS) is 22.8. The van der Waals surface area contributed by atoms with Gasteiger partial charge in [0.2, 0.25) is 17.7 Å². The van der Waals surface area contributed by atoms with Crippen molar-refractivity contribution in [2.24, 2.45) is 11.8 Å². The van der Waals surface area contributed by atoms with Crippen molar-refractivity contribution in [2.75, 3.05) is 15.1 Å². The summed E-state index contributed by atoms with van der Waals surface area (Å²) in [5.74, 6) is -3.53. The van der Waals surface area contributed by atoms with Crippen molar-refractivity contribution in [2.45, 2.75) is 12.1 Å². The van der Waals surface area contributed by atoms with Crippen molar-refractivity contribution in [3.05, 3.63) is 105 Å². The lowest BCUT2D eigenvalue weighted by Gasteiger charge is -2.36. The zero-order valence-corrected chi connectivity index (χ0v) is 20.0. The van der Waals surface area contributed by atoms with Gasteiger partial charge in [-0.15, -0.1) is 0 Å². The summed E-state index contributed by atoms with van der Waals surface area (Å²) in [7, 11) is 0. The number of amides is 3. The molecule has 194 valence electrons. The van der Waals surface area contributed by atoms with Gasteiger partial charge in [-0.3, -0.25) is 34.6 Å². The molecule has 3 heterocycles. The average Bonchev–Trinajstić information content (AvgIpc) is 3.41. The van der Waals surface area contributed by atoms with Gasteiger partial charge in [0, 0.05) is 35.6 Å². The van der Waals surface area contributed by atoms with Crippen molar-refractivity contribution < 1.29 is 24.2 Å². The maximum absolute atomic E-state index is 13.8. The number of carbonyl (C=O) groups is 3. The van der Waals surface area contributed by atoms with E-state index in [9.17, 15) is 34.6 Å². The molecule has 12 nitrogen and oxygen atoms in total. The molecule has 6 rings (SSSR count). The van der Waals surface area contributed by atoms with Crippen LogP contribution >= 0.6 is 0 Å². The first-order valence-corrected chi connectivity index (χ1v) is 12.0. The van der Waals surface area contributed by atoms with Crippen molar-refractivity contribution >= 4 is 52.2 Å². The van der Waals surface area contributed by atoms with Crippen molar-refractivity contribution in [3.8, 4) is 0 Å². The van der Waals surface area contributed by atoms with Crippen molar-refractivity contribution in [1.82, 2.24) is 0 Å². The molecule has 2 saturated heterocycles. The molecule has 1 N–H and O–H groups in total. The lowest BCUT2D eigenvalue weighted by Crippen LogP contribution is -2.50. The van der Waals surface area contributed by atoms with Crippen LogP contribution in [0.15, 0.2) is 78.9 Å². The molecule has 39 heavy (non-hydrogen) atoms. The molecular formula is C27H19N5O7. The fourth-order valence-electron chi connectivity index (χ4n) is 5.67. The number of hydrogen-bond acceptors (Lipinski definition) is 8. The second-order valence-electron chi connectivity index (χ2n) is 9.39. The number of carbonyl (C=O) groups excluding carboxylic acids is 3. The summed E-state index contributed by atoms with van der Waals surface area (Å²) in [6.45, 7) is 0. The molecule has 3 aromatic carbocycles. The predicted octanol–water partition coefficient (Wildman–Crippen LogP) is 3.53. The molecule has 2 fully saturated rings. The van der Waals surface area contributed by atoms with Crippen LogP contribution in [-0.4, -0.2) is 39.7 Å². The maximum atomic E-state index is 13.8. The Labute approximate surface area is 220 Å². The highest BCUT2D eigenvalue weighted by Gasteiger charge is 2.64. The number of nitro benzene ring substituents is 2. The highest BCUT2D eigenvalue weighted by molar-refractivity contribution is 6.25. The third-order valence-electron chi connectivity index (χ3n) is 7.35. The minimum atomic E-state index is -1.07. The third-order valence-corrected chi connectivity index (χ3v) is 7.35. The molecule has 3 aliphatic rings. The lowest BCUT2D eigenvalue weighted by atomic mass is 9.88. The Hall–Kier alpha value is -5.39. The zero-order chi connectivity index (χ0) is 27.4. The van der Waals surface area contributed by atoms with E-state index in [-0.39, 0.29) is 17.1 Å². The minimum absolute atomic E-state index is 0.139.